The Morgan fingerprint density at radius 1 is 0.398 bits per heavy atom. The quantitative estimate of drug-likeness (QED) is 0.0228. The summed E-state index contributed by atoms with van der Waals surface area (Å²) in [6.45, 7) is 5.96. The van der Waals surface area contributed by atoms with Crippen LogP contribution < -0.4 is 0 Å². The molecule has 1 saturated heterocycles. The van der Waals surface area contributed by atoms with Crippen molar-refractivity contribution in [1.82, 2.24) is 0 Å². The molecule has 12 nitrogen and oxygen atoms in total. The molecule has 0 saturated carbocycles. The van der Waals surface area contributed by atoms with Crippen molar-refractivity contribution in [3.8, 4) is 0 Å². The fourth-order valence-corrected chi connectivity index (χ4v) is 9.99. The predicted octanol–water partition coefficient (Wildman–Crippen LogP) is 18.5. The highest BCUT2D eigenvalue weighted by Crippen LogP contribution is 2.27. The molecule has 1 heterocycles. The summed E-state index contributed by atoms with van der Waals surface area (Å²) in [5, 5.41) is 31.6. The maximum Gasteiger partial charge on any atom is 0.335 e. The molecule has 0 aromatic rings. The Bertz CT molecular complexity index is 1720. The van der Waals surface area contributed by atoms with Crippen LogP contribution >= 0.6 is 0 Å². The third-order valence-corrected chi connectivity index (χ3v) is 15.2. The number of carboxylic acid groups (broad SMARTS) is 1. The van der Waals surface area contributed by atoms with Crippen LogP contribution in [0.15, 0.2) is 72.9 Å². The Kier molecular flexibility index (Phi) is 54.4. The predicted molar refractivity (Wildman–Crippen MR) is 340 cm³/mol. The number of carboxylic acids is 1. The van der Waals surface area contributed by atoms with Crippen molar-refractivity contribution >= 4 is 23.9 Å². The number of esters is 3. The van der Waals surface area contributed by atoms with Gasteiger partial charge in [0.25, 0.3) is 0 Å². The van der Waals surface area contributed by atoms with Crippen molar-refractivity contribution in [2.75, 3.05) is 13.2 Å². The van der Waals surface area contributed by atoms with Crippen LogP contribution in [0.4, 0.5) is 0 Å². The molecule has 0 aromatic carbocycles. The Hall–Kier alpha value is -3.84. The Labute approximate surface area is 506 Å². The van der Waals surface area contributed by atoms with Gasteiger partial charge in [-0.1, -0.05) is 241 Å². The van der Waals surface area contributed by atoms with Crippen molar-refractivity contribution in [1.29, 1.82) is 0 Å². The lowest BCUT2D eigenvalue weighted by Crippen LogP contribution is -2.61. The zero-order valence-electron chi connectivity index (χ0n) is 52.9. The number of aliphatic hydroxyl groups is 2. The van der Waals surface area contributed by atoms with Crippen molar-refractivity contribution in [2.45, 2.75) is 340 Å². The first kappa shape index (κ1) is 77.2. The van der Waals surface area contributed by atoms with Crippen LogP contribution in [0, 0.1) is 0 Å². The second-order valence-electron chi connectivity index (χ2n) is 23.1. The first-order valence-electron chi connectivity index (χ1n) is 33.9. The van der Waals surface area contributed by atoms with Gasteiger partial charge in [-0.25, -0.2) is 4.79 Å². The van der Waals surface area contributed by atoms with E-state index in [0.29, 0.717) is 19.3 Å². The number of unbranched alkanes of at least 4 members (excludes halogenated alkanes) is 32. The molecule has 1 rings (SSSR count). The smallest absolute Gasteiger partial charge is 0.335 e. The number of rotatable bonds is 58. The number of allylic oxidation sites excluding steroid dienone is 12. The van der Waals surface area contributed by atoms with Gasteiger partial charge in [-0.15, -0.1) is 0 Å². The lowest BCUT2D eigenvalue weighted by atomic mass is 9.98. The summed E-state index contributed by atoms with van der Waals surface area (Å²) in [7, 11) is 0. The van der Waals surface area contributed by atoms with E-state index in [1.165, 1.54) is 116 Å². The zero-order valence-corrected chi connectivity index (χ0v) is 52.9. The van der Waals surface area contributed by atoms with E-state index in [1.807, 2.05) is 0 Å². The fraction of sp³-hybridized carbons (Fsp3) is 0.775. The fourth-order valence-electron chi connectivity index (χ4n) is 9.99. The van der Waals surface area contributed by atoms with E-state index >= 15 is 0 Å². The number of carbonyl (C=O) groups is 4. The number of aliphatic hydroxyl groups excluding tert-OH is 2. The van der Waals surface area contributed by atoms with Crippen LogP contribution in [0.3, 0.4) is 0 Å². The largest absolute Gasteiger partial charge is 0.479 e. The molecule has 83 heavy (non-hydrogen) atoms. The Morgan fingerprint density at radius 2 is 0.723 bits per heavy atom. The summed E-state index contributed by atoms with van der Waals surface area (Å²) in [6, 6.07) is 0. The van der Waals surface area contributed by atoms with Crippen LogP contribution in [-0.4, -0.2) is 89.2 Å². The minimum atomic E-state index is -1.91. The molecule has 0 aliphatic carbocycles. The average molecular weight is 1170 g/mol. The average Bonchev–Trinajstić information content (AvgIpc) is 3.57. The molecule has 0 amide bonds. The monoisotopic (exact) mass is 1170 g/mol. The van der Waals surface area contributed by atoms with Crippen LogP contribution in [0.25, 0.3) is 0 Å². The van der Waals surface area contributed by atoms with Crippen molar-refractivity contribution in [3.05, 3.63) is 72.9 Å². The van der Waals surface area contributed by atoms with E-state index in [2.05, 4.69) is 93.7 Å². The number of hydrogen-bond donors (Lipinski definition) is 3. The molecule has 12 heteroatoms. The molecule has 1 aliphatic heterocycles. The van der Waals surface area contributed by atoms with Crippen molar-refractivity contribution < 1.29 is 58.2 Å². The summed E-state index contributed by atoms with van der Waals surface area (Å²) in [5.41, 5.74) is 0. The normalized spacial score (nSPS) is 18.0. The van der Waals surface area contributed by atoms with Crippen LogP contribution in [0.2, 0.25) is 0 Å². The molecule has 1 fully saturated rings. The van der Waals surface area contributed by atoms with E-state index in [1.54, 1.807) is 0 Å². The minimum Gasteiger partial charge on any atom is -0.479 e. The second kappa shape index (κ2) is 58.5. The van der Waals surface area contributed by atoms with Crippen LogP contribution in [0.5, 0.6) is 0 Å². The van der Waals surface area contributed by atoms with Gasteiger partial charge in [-0.3, -0.25) is 14.4 Å². The number of ether oxygens (including phenoxy) is 5. The summed E-state index contributed by atoms with van der Waals surface area (Å²) in [6.07, 6.45) is 62.7. The Morgan fingerprint density at radius 3 is 1.13 bits per heavy atom. The molecule has 0 spiro atoms. The Balaban J connectivity index is 2.65. The maximum absolute atomic E-state index is 13.2. The molecular weight excluding hydrogens is 1040 g/mol. The van der Waals surface area contributed by atoms with E-state index in [9.17, 15) is 34.5 Å². The number of hydrogen-bond acceptors (Lipinski definition) is 11. The van der Waals surface area contributed by atoms with Gasteiger partial charge in [0.05, 0.1) is 6.61 Å². The lowest BCUT2D eigenvalue weighted by Gasteiger charge is -2.40. The van der Waals surface area contributed by atoms with Gasteiger partial charge in [-0.05, 0) is 116 Å². The second-order valence-corrected chi connectivity index (χ2v) is 23.1. The highest BCUT2D eigenvalue weighted by atomic mass is 16.7. The minimum absolute atomic E-state index is 0.0525. The highest BCUT2D eigenvalue weighted by molar-refractivity contribution is 5.74. The molecule has 478 valence electrons. The van der Waals surface area contributed by atoms with E-state index in [-0.39, 0.29) is 25.9 Å². The van der Waals surface area contributed by atoms with E-state index < -0.39 is 67.3 Å². The lowest BCUT2D eigenvalue weighted by molar-refractivity contribution is -0.301. The highest BCUT2D eigenvalue weighted by Gasteiger charge is 2.50. The molecule has 3 N–H and O–H groups in total. The summed E-state index contributed by atoms with van der Waals surface area (Å²) in [4.78, 5) is 51.4. The van der Waals surface area contributed by atoms with Gasteiger partial charge in [-0.2, -0.15) is 0 Å². The zero-order chi connectivity index (χ0) is 60.3. The summed E-state index contributed by atoms with van der Waals surface area (Å²) >= 11 is 0. The summed E-state index contributed by atoms with van der Waals surface area (Å²) < 4.78 is 28.6. The molecule has 6 unspecified atom stereocenters. The molecule has 6 atom stereocenters. The van der Waals surface area contributed by atoms with Crippen molar-refractivity contribution in [3.63, 3.8) is 0 Å². The molecule has 0 radical (unpaired) electrons. The van der Waals surface area contributed by atoms with Crippen molar-refractivity contribution in [2.24, 2.45) is 0 Å². The topological polar surface area (TPSA) is 175 Å². The van der Waals surface area contributed by atoms with Gasteiger partial charge < -0.3 is 39.0 Å². The van der Waals surface area contributed by atoms with E-state index in [4.69, 9.17) is 23.7 Å². The first-order chi connectivity index (χ1) is 40.6. The van der Waals surface area contributed by atoms with E-state index in [0.717, 1.165) is 128 Å². The number of aliphatic carboxylic acids is 1. The molecular formula is C71H122O12. The third-order valence-electron chi connectivity index (χ3n) is 15.2. The van der Waals surface area contributed by atoms with Crippen LogP contribution in [-0.2, 0) is 42.9 Å². The molecule has 0 bridgehead atoms. The molecule has 1 aliphatic rings. The van der Waals surface area contributed by atoms with Gasteiger partial charge in [0.2, 0.25) is 0 Å². The van der Waals surface area contributed by atoms with Gasteiger partial charge >= 0.3 is 23.9 Å². The first-order valence-corrected chi connectivity index (χ1v) is 33.9. The van der Waals surface area contributed by atoms with Gasteiger partial charge in [0.1, 0.15) is 18.8 Å². The van der Waals surface area contributed by atoms with Crippen LogP contribution in [0.1, 0.15) is 303 Å². The number of carbonyl (C=O) groups excluding carboxylic acids is 3. The SMILES string of the molecule is CCCCC/C=C\C/C=C\C/C=C\CCCCCCCCC(=O)OCC(COC1OC(C(=O)O)C(O)C(O)C1OC(=O)CCCCCCCCCCC/C=C\C/C=C\CCCCC)OC(=O)CCCCCCC/C=C\CCCCCCCC. The molecule has 0 aromatic heterocycles. The summed E-state index contributed by atoms with van der Waals surface area (Å²) in [5.74, 6) is -3.14. The van der Waals surface area contributed by atoms with Gasteiger partial charge in [0, 0.05) is 19.3 Å². The standard InChI is InChI=1S/C71H122O12/c1-4-7-10-13-16-19-22-25-28-30-32-34-37-39-42-45-48-51-54-57-63(72)79-60-62(81-64(73)58-55-52-49-46-43-40-36-27-24-21-18-15-12-9-6-3)61-80-71-69(67(76)66(75)68(83-71)70(77)78)82-65(74)59-56-53-50-47-44-41-38-35-33-31-29-26-23-20-17-14-11-8-5-2/h16-17,19-20,25-29,32,34,36,62,66-69,71,75-76H,4-15,18,21-24,30-31,33,35,37-61H2,1-3H3,(H,77,78)/b19-16-,20-17-,28-25-,29-26-,34-32-,36-27-. The van der Waals surface area contributed by atoms with Gasteiger partial charge in [0.15, 0.2) is 24.6 Å². The maximum atomic E-state index is 13.2. The third kappa shape index (κ3) is 48.0.